The molecule has 69 heavy (non-hydrogen) atoms. The maximum Gasteiger partial charge on any atom is 0.247 e. The van der Waals surface area contributed by atoms with Crippen LogP contribution in [0.1, 0.15) is 65.4 Å². The van der Waals surface area contributed by atoms with Crippen LogP contribution in [0.2, 0.25) is 0 Å². The lowest BCUT2D eigenvalue weighted by molar-refractivity contribution is -0.142. The SMILES string of the molecule is CC[C@H](C)[C@@H]1NC(=O)[C@H](Cc2ccc(O)cc2)NC(=O)[C@@H](N)CSSC[C@@H](C(=O)N2CSC[C@H]2C(=O)N[C@@H](CC(C)C)C(=O)NCC(N)=O)NC(=O)[C@H](CC(N)=O)NC(=O)[C@H](CCC(N)=O)NC1=O. The second-order valence-electron chi connectivity index (χ2n) is 17.0. The summed E-state index contributed by atoms with van der Waals surface area (Å²) in [6.07, 6.45) is -1.23. The Kier molecular flexibility index (Phi) is 23.3. The molecule has 0 aromatic heterocycles. The molecule has 0 aliphatic carbocycles. The number of rotatable bonds is 17. The molecule has 0 radical (unpaired) electrons. The Balaban J connectivity index is 2.05. The summed E-state index contributed by atoms with van der Waals surface area (Å²) < 4.78 is 0. The molecule has 2 fully saturated rings. The van der Waals surface area contributed by atoms with Gasteiger partial charge in [0, 0.05) is 30.1 Å². The van der Waals surface area contributed by atoms with Crippen LogP contribution >= 0.6 is 33.3 Å². The van der Waals surface area contributed by atoms with Gasteiger partial charge in [0.05, 0.1) is 24.9 Å². The van der Waals surface area contributed by atoms with Crippen molar-refractivity contribution in [3.63, 3.8) is 0 Å². The van der Waals surface area contributed by atoms with Gasteiger partial charge in [-0.25, -0.2) is 0 Å². The predicted molar refractivity (Wildman–Crippen MR) is 258 cm³/mol. The van der Waals surface area contributed by atoms with Crippen molar-refractivity contribution in [1.82, 2.24) is 42.1 Å². The molecule has 27 heteroatoms. The third-order valence-corrected chi connectivity index (χ3v) is 14.4. The summed E-state index contributed by atoms with van der Waals surface area (Å²) >= 11 is 1.21. The van der Waals surface area contributed by atoms with Gasteiger partial charge in [-0.05, 0) is 42.4 Å². The summed E-state index contributed by atoms with van der Waals surface area (Å²) in [5.41, 5.74) is 22.9. The van der Waals surface area contributed by atoms with E-state index in [1.165, 1.54) is 40.9 Å². The first-order valence-electron chi connectivity index (χ1n) is 22.1. The Bertz CT molecular complexity index is 2050. The lowest BCUT2D eigenvalue weighted by Gasteiger charge is -2.31. The minimum atomic E-state index is -1.76. The van der Waals surface area contributed by atoms with Crippen LogP contribution in [0.25, 0.3) is 0 Å². The van der Waals surface area contributed by atoms with E-state index in [1.54, 1.807) is 13.8 Å². The van der Waals surface area contributed by atoms with Crippen LogP contribution in [-0.4, -0.2) is 153 Å². The number of carbonyl (C=O) groups excluding carboxylic acids is 11. The van der Waals surface area contributed by atoms with E-state index in [1.807, 2.05) is 13.8 Å². The largest absolute Gasteiger partial charge is 0.508 e. The number of benzene rings is 1. The number of amides is 11. The number of aromatic hydroxyl groups is 1. The van der Waals surface area contributed by atoms with E-state index < -0.39 is 145 Å². The molecular weight excluding hydrogens is 961 g/mol. The molecule has 2 saturated heterocycles. The molecule has 1 aromatic rings. The Morgan fingerprint density at radius 1 is 0.768 bits per heavy atom. The molecule has 0 spiro atoms. The third kappa shape index (κ3) is 18.9. The smallest absolute Gasteiger partial charge is 0.247 e. The molecule has 382 valence electrons. The Morgan fingerprint density at radius 2 is 1.38 bits per heavy atom. The first-order chi connectivity index (χ1) is 32.5. The van der Waals surface area contributed by atoms with Crippen LogP contribution in [0, 0.1) is 11.8 Å². The zero-order chi connectivity index (χ0) is 51.5. The van der Waals surface area contributed by atoms with E-state index in [-0.39, 0.29) is 47.6 Å². The van der Waals surface area contributed by atoms with E-state index in [9.17, 15) is 57.8 Å². The van der Waals surface area contributed by atoms with Crippen LogP contribution in [0.5, 0.6) is 5.75 Å². The summed E-state index contributed by atoms with van der Waals surface area (Å²) in [5.74, 6) is -10.4. The van der Waals surface area contributed by atoms with Crippen molar-refractivity contribution < 1.29 is 57.8 Å². The number of carbonyl (C=O) groups is 11. The molecule has 1 aromatic carbocycles. The third-order valence-electron chi connectivity index (χ3n) is 10.9. The van der Waals surface area contributed by atoms with Crippen molar-refractivity contribution in [1.29, 1.82) is 0 Å². The Hall–Kier alpha value is -5.80. The maximum absolute atomic E-state index is 14.5. The van der Waals surface area contributed by atoms with Gasteiger partial charge in [0.15, 0.2) is 0 Å². The number of nitrogens with zero attached hydrogens (tertiary/aromatic N) is 1. The molecule has 9 atom stereocenters. The molecule has 16 N–H and O–H groups in total. The van der Waals surface area contributed by atoms with Gasteiger partial charge < -0.3 is 70.2 Å². The summed E-state index contributed by atoms with van der Waals surface area (Å²) in [5, 5.41) is 27.7. The Morgan fingerprint density at radius 3 is 1.99 bits per heavy atom. The van der Waals surface area contributed by atoms with Gasteiger partial charge in [0.2, 0.25) is 65.0 Å². The van der Waals surface area contributed by atoms with E-state index in [2.05, 4.69) is 37.2 Å². The fourth-order valence-electron chi connectivity index (χ4n) is 6.92. The van der Waals surface area contributed by atoms with Gasteiger partial charge in [-0.2, -0.15) is 0 Å². The number of phenolic OH excluding ortho intramolecular Hbond substituents is 1. The fraction of sp³-hybridized carbons (Fsp3) is 0.595. The van der Waals surface area contributed by atoms with Crippen molar-refractivity contribution >= 4 is 98.3 Å². The molecule has 11 amide bonds. The lowest BCUT2D eigenvalue weighted by atomic mass is 9.96. The zero-order valence-electron chi connectivity index (χ0n) is 38.8. The minimum absolute atomic E-state index is 0.0336. The van der Waals surface area contributed by atoms with Crippen LogP contribution in [0.15, 0.2) is 24.3 Å². The van der Waals surface area contributed by atoms with Gasteiger partial charge in [-0.15, -0.1) is 11.8 Å². The summed E-state index contributed by atoms with van der Waals surface area (Å²) in [6, 6.07) is -5.13. The summed E-state index contributed by atoms with van der Waals surface area (Å²) in [6.45, 7) is 6.54. The van der Waals surface area contributed by atoms with Crippen molar-refractivity contribution in [2.24, 2.45) is 34.8 Å². The molecule has 3 rings (SSSR count). The summed E-state index contributed by atoms with van der Waals surface area (Å²) in [4.78, 5) is 148. The molecule has 2 aliphatic heterocycles. The number of primary amides is 3. The molecule has 0 saturated carbocycles. The quantitative estimate of drug-likeness (QED) is 0.0668. The fourth-order valence-corrected chi connectivity index (χ4v) is 10.4. The highest BCUT2D eigenvalue weighted by Gasteiger charge is 2.41. The zero-order valence-corrected chi connectivity index (χ0v) is 41.2. The first-order valence-corrected chi connectivity index (χ1v) is 25.8. The second kappa shape index (κ2) is 28.0. The van der Waals surface area contributed by atoms with Crippen LogP contribution < -0.4 is 60.2 Å². The van der Waals surface area contributed by atoms with Gasteiger partial charge >= 0.3 is 0 Å². The number of hydrogen-bond donors (Lipinski definition) is 12. The van der Waals surface area contributed by atoms with Gasteiger partial charge in [-0.3, -0.25) is 52.7 Å². The second-order valence-corrected chi connectivity index (χ2v) is 20.6. The van der Waals surface area contributed by atoms with Crippen LogP contribution in [0.4, 0.5) is 0 Å². The Labute approximate surface area is 411 Å². The van der Waals surface area contributed by atoms with Gasteiger partial charge in [0.25, 0.3) is 0 Å². The van der Waals surface area contributed by atoms with Crippen molar-refractivity contribution in [3.8, 4) is 5.75 Å². The number of thioether (sulfide) groups is 1. The molecule has 2 heterocycles. The lowest BCUT2D eigenvalue weighted by Crippen LogP contribution is -2.61. The normalized spacial score (nSPS) is 24.3. The van der Waals surface area contributed by atoms with E-state index in [0.717, 1.165) is 21.6 Å². The predicted octanol–water partition coefficient (Wildman–Crippen LogP) is -3.70. The maximum atomic E-state index is 14.5. The van der Waals surface area contributed by atoms with Gasteiger partial charge in [0.1, 0.15) is 48.0 Å². The molecule has 2 aliphatic rings. The highest BCUT2D eigenvalue weighted by atomic mass is 33.1. The topological polar surface area (TPSA) is 400 Å². The average molecular weight is 1030 g/mol. The number of nitrogens with one attached hydrogen (secondary N) is 7. The van der Waals surface area contributed by atoms with E-state index in [0.29, 0.717) is 12.0 Å². The summed E-state index contributed by atoms with van der Waals surface area (Å²) in [7, 11) is 2.03. The number of nitrogens with two attached hydrogens (primary N) is 4. The van der Waals surface area contributed by atoms with Crippen LogP contribution in [-0.2, 0) is 59.2 Å². The van der Waals surface area contributed by atoms with Crippen LogP contribution in [0.3, 0.4) is 0 Å². The first kappa shape index (κ1) is 57.5. The monoisotopic (exact) mass is 1020 g/mol. The van der Waals surface area contributed by atoms with Crippen molar-refractivity contribution in [2.75, 3.05) is 29.7 Å². The molecule has 24 nitrogen and oxygen atoms in total. The van der Waals surface area contributed by atoms with Crippen molar-refractivity contribution in [3.05, 3.63) is 29.8 Å². The van der Waals surface area contributed by atoms with E-state index in [4.69, 9.17) is 22.9 Å². The van der Waals surface area contributed by atoms with E-state index >= 15 is 0 Å². The molecular formula is C42H64N12O12S3. The highest BCUT2D eigenvalue weighted by Crippen LogP contribution is 2.27. The average Bonchev–Trinajstić information content (AvgIpc) is 3.78. The van der Waals surface area contributed by atoms with Gasteiger partial charge in [-0.1, -0.05) is 67.8 Å². The molecule has 0 bridgehead atoms. The highest BCUT2D eigenvalue weighted by molar-refractivity contribution is 8.76. The minimum Gasteiger partial charge on any atom is -0.508 e. The standard InChI is InChI=1S/C42H64N12O12S3/c1-5-21(4)34-41(65)48-25(10-11-31(44)56)37(61)50-28(14-32(45)57)38(62)52-29(17-69-68-16-24(43)35(59)49-27(39(63)53-34)13-22-6-8-23(55)9-7-22)42(66)54-19-67-18-30(54)40(64)51-26(12-20(2)3)36(60)47-15-33(46)58/h6-9,20-21,24-30,34,55H,5,10-19,43H2,1-4H3,(H2,44,56)(H2,45,57)(H2,46,58)(H,47,60)(H,48,65)(H,49,59)(H,50,61)(H,51,64)(H,52,62)(H,53,63)/t21-,24-,25-,26-,27-,28-,29-,30-,34-/m0/s1. The molecule has 0 unspecified atom stereocenters. The van der Waals surface area contributed by atoms with Crippen molar-refractivity contribution in [2.45, 2.75) is 115 Å². The number of hydrogen-bond acceptors (Lipinski definition) is 16. The number of phenols is 1.